The zero-order valence-corrected chi connectivity index (χ0v) is 18.6. The van der Waals surface area contributed by atoms with Crippen LogP contribution in [0.3, 0.4) is 0 Å². The van der Waals surface area contributed by atoms with E-state index in [0.29, 0.717) is 29.0 Å². The SMILES string of the molecule is COc1ccc(-c2ccc(OC(=O)c3ccc(-c4ccc(C5CO5)cc4F)cc3)c(F)c2F)cc1. The molecule has 1 saturated heterocycles. The molecule has 0 bridgehead atoms. The Hall–Kier alpha value is -4.10. The molecule has 176 valence electrons. The van der Waals surface area contributed by atoms with E-state index < -0.39 is 29.2 Å². The molecule has 1 unspecified atom stereocenters. The topological polar surface area (TPSA) is 48.1 Å². The van der Waals surface area contributed by atoms with E-state index in [2.05, 4.69) is 0 Å². The maximum atomic E-state index is 14.7. The Labute approximate surface area is 199 Å². The summed E-state index contributed by atoms with van der Waals surface area (Å²) in [5.41, 5.74) is 2.28. The highest BCUT2D eigenvalue weighted by molar-refractivity contribution is 5.91. The third-order valence-electron chi connectivity index (χ3n) is 5.78. The van der Waals surface area contributed by atoms with Crippen LogP contribution in [0.25, 0.3) is 22.3 Å². The molecule has 1 aliphatic heterocycles. The van der Waals surface area contributed by atoms with Crippen molar-refractivity contribution in [2.24, 2.45) is 0 Å². The summed E-state index contributed by atoms with van der Waals surface area (Å²) in [7, 11) is 1.51. The van der Waals surface area contributed by atoms with Crippen LogP contribution >= 0.6 is 0 Å². The lowest BCUT2D eigenvalue weighted by atomic mass is 10.0. The second-order valence-corrected chi connectivity index (χ2v) is 8.00. The molecule has 0 radical (unpaired) electrons. The maximum absolute atomic E-state index is 14.7. The molecule has 4 aromatic carbocycles. The number of rotatable bonds is 6. The summed E-state index contributed by atoms with van der Waals surface area (Å²) in [4.78, 5) is 12.5. The number of esters is 1. The van der Waals surface area contributed by atoms with Gasteiger partial charge in [-0.15, -0.1) is 0 Å². The van der Waals surface area contributed by atoms with Crippen LogP contribution in [0.4, 0.5) is 13.2 Å². The lowest BCUT2D eigenvalue weighted by Crippen LogP contribution is -2.10. The second kappa shape index (κ2) is 9.27. The Morgan fingerprint density at radius 3 is 2.09 bits per heavy atom. The number of hydrogen-bond acceptors (Lipinski definition) is 4. The van der Waals surface area contributed by atoms with Crippen molar-refractivity contribution in [3.8, 4) is 33.8 Å². The Morgan fingerprint density at radius 2 is 1.46 bits per heavy atom. The van der Waals surface area contributed by atoms with E-state index in [9.17, 15) is 18.0 Å². The highest BCUT2D eigenvalue weighted by Gasteiger charge is 2.25. The third-order valence-corrected chi connectivity index (χ3v) is 5.78. The van der Waals surface area contributed by atoms with Crippen molar-refractivity contribution in [3.05, 3.63) is 107 Å². The second-order valence-electron chi connectivity index (χ2n) is 8.00. The zero-order valence-electron chi connectivity index (χ0n) is 18.6. The van der Waals surface area contributed by atoms with Gasteiger partial charge in [-0.2, -0.15) is 4.39 Å². The molecule has 0 N–H and O–H groups in total. The zero-order chi connectivity index (χ0) is 24.5. The average Bonchev–Trinajstić information content (AvgIpc) is 3.73. The first-order chi connectivity index (χ1) is 16.9. The molecule has 1 heterocycles. The van der Waals surface area contributed by atoms with Crippen molar-refractivity contribution >= 4 is 5.97 Å². The summed E-state index contributed by atoms with van der Waals surface area (Å²) >= 11 is 0. The minimum absolute atomic E-state index is 0.0237. The number of benzene rings is 4. The monoisotopic (exact) mass is 476 g/mol. The van der Waals surface area contributed by atoms with E-state index in [0.717, 1.165) is 5.56 Å². The molecule has 0 spiro atoms. The summed E-state index contributed by atoms with van der Waals surface area (Å²) in [6.45, 7) is 0.588. The van der Waals surface area contributed by atoms with Crippen molar-refractivity contribution in [1.29, 1.82) is 0 Å². The normalized spacial score (nSPS) is 14.5. The van der Waals surface area contributed by atoms with Crippen LogP contribution in [0, 0.1) is 17.5 Å². The lowest BCUT2D eigenvalue weighted by Gasteiger charge is -2.10. The first-order valence-corrected chi connectivity index (χ1v) is 10.8. The van der Waals surface area contributed by atoms with Gasteiger partial charge in [-0.25, -0.2) is 13.6 Å². The molecule has 1 atom stereocenters. The van der Waals surface area contributed by atoms with Crippen molar-refractivity contribution < 1.29 is 32.2 Å². The smallest absolute Gasteiger partial charge is 0.343 e. The number of carbonyl (C=O) groups is 1. The van der Waals surface area contributed by atoms with Gasteiger partial charge in [0, 0.05) is 11.1 Å². The maximum Gasteiger partial charge on any atom is 0.343 e. The fourth-order valence-electron chi connectivity index (χ4n) is 3.76. The van der Waals surface area contributed by atoms with Gasteiger partial charge in [-0.3, -0.25) is 0 Å². The Bertz CT molecular complexity index is 1400. The van der Waals surface area contributed by atoms with Gasteiger partial charge >= 0.3 is 5.97 Å². The number of ether oxygens (including phenoxy) is 3. The van der Waals surface area contributed by atoms with E-state index in [1.54, 1.807) is 48.5 Å². The number of methoxy groups -OCH3 is 1. The molecule has 0 saturated carbocycles. The minimum atomic E-state index is -1.27. The molecule has 4 nitrogen and oxygen atoms in total. The summed E-state index contributed by atoms with van der Waals surface area (Å²) in [6, 6.07) is 19.9. The number of hydrogen-bond donors (Lipinski definition) is 0. The van der Waals surface area contributed by atoms with Gasteiger partial charge in [0.25, 0.3) is 0 Å². The van der Waals surface area contributed by atoms with Crippen molar-refractivity contribution in [2.75, 3.05) is 13.7 Å². The van der Waals surface area contributed by atoms with E-state index >= 15 is 0 Å². The highest BCUT2D eigenvalue weighted by Crippen LogP contribution is 2.34. The fourth-order valence-corrected chi connectivity index (χ4v) is 3.76. The molecule has 1 aliphatic rings. The van der Waals surface area contributed by atoms with E-state index in [-0.39, 0.29) is 17.2 Å². The van der Waals surface area contributed by atoms with Gasteiger partial charge in [0.05, 0.1) is 19.3 Å². The Balaban J connectivity index is 1.32. The lowest BCUT2D eigenvalue weighted by molar-refractivity contribution is 0.0727. The van der Waals surface area contributed by atoms with Crippen LogP contribution in [0.1, 0.15) is 22.0 Å². The van der Waals surface area contributed by atoms with E-state index in [1.807, 2.05) is 0 Å². The number of epoxide rings is 1. The van der Waals surface area contributed by atoms with Crippen LogP contribution < -0.4 is 9.47 Å². The Kier molecular flexibility index (Phi) is 6.01. The predicted molar refractivity (Wildman–Crippen MR) is 124 cm³/mol. The Morgan fingerprint density at radius 1 is 0.829 bits per heavy atom. The molecule has 7 heteroatoms. The van der Waals surface area contributed by atoms with Gasteiger partial charge in [0.1, 0.15) is 17.7 Å². The molecule has 5 rings (SSSR count). The molecule has 35 heavy (non-hydrogen) atoms. The molecule has 0 amide bonds. The molecule has 0 aliphatic carbocycles. The van der Waals surface area contributed by atoms with Gasteiger partial charge < -0.3 is 14.2 Å². The molecule has 4 aromatic rings. The molecular weight excluding hydrogens is 457 g/mol. The van der Waals surface area contributed by atoms with Crippen LogP contribution in [0.5, 0.6) is 11.5 Å². The van der Waals surface area contributed by atoms with Crippen LogP contribution in [0.15, 0.2) is 78.9 Å². The first kappa shape index (κ1) is 22.7. The van der Waals surface area contributed by atoms with Gasteiger partial charge in [0.2, 0.25) is 5.82 Å². The molecule has 1 fully saturated rings. The average molecular weight is 476 g/mol. The summed E-state index contributed by atoms with van der Waals surface area (Å²) < 4.78 is 59.2. The van der Waals surface area contributed by atoms with Crippen molar-refractivity contribution in [1.82, 2.24) is 0 Å². The largest absolute Gasteiger partial charge is 0.497 e. The van der Waals surface area contributed by atoms with Crippen LogP contribution in [0.2, 0.25) is 0 Å². The van der Waals surface area contributed by atoms with Crippen molar-refractivity contribution in [2.45, 2.75) is 6.10 Å². The highest BCUT2D eigenvalue weighted by atomic mass is 19.2. The molecular formula is C28H19F3O4. The van der Waals surface area contributed by atoms with Crippen LogP contribution in [-0.2, 0) is 4.74 Å². The van der Waals surface area contributed by atoms with Crippen molar-refractivity contribution in [3.63, 3.8) is 0 Å². The molecule has 0 aromatic heterocycles. The predicted octanol–water partition coefficient (Wildman–Crippen LogP) is 6.74. The minimum Gasteiger partial charge on any atom is -0.497 e. The van der Waals surface area contributed by atoms with E-state index in [1.165, 1.54) is 37.4 Å². The third kappa shape index (κ3) is 4.63. The number of carbonyl (C=O) groups excluding carboxylic acids is 1. The number of halogens is 3. The summed E-state index contributed by atoms with van der Waals surface area (Å²) in [5, 5.41) is 0. The quantitative estimate of drug-likeness (QED) is 0.176. The summed E-state index contributed by atoms with van der Waals surface area (Å²) in [6.07, 6.45) is -0.0498. The van der Waals surface area contributed by atoms with Gasteiger partial charge in [0.15, 0.2) is 11.6 Å². The first-order valence-electron chi connectivity index (χ1n) is 10.8. The summed E-state index contributed by atoms with van der Waals surface area (Å²) in [5.74, 6) is -3.62. The van der Waals surface area contributed by atoms with E-state index in [4.69, 9.17) is 14.2 Å². The van der Waals surface area contributed by atoms with Gasteiger partial charge in [-0.05, 0) is 59.2 Å². The van der Waals surface area contributed by atoms with Gasteiger partial charge in [-0.1, -0.05) is 36.4 Å². The fraction of sp³-hybridized carbons (Fsp3) is 0.107. The van der Waals surface area contributed by atoms with Crippen LogP contribution in [-0.4, -0.2) is 19.7 Å². The standard InChI is InChI=1S/C28H19F3O4/c1-33-20-9-6-17(7-10-20)22-12-13-24(27(31)26(22)30)35-28(32)18-4-2-16(3-5-18)21-11-8-19(14-23(21)29)25-15-34-25/h2-14,25H,15H2,1H3.